The summed E-state index contributed by atoms with van der Waals surface area (Å²) >= 11 is 0. The van der Waals surface area contributed by atoms with Gasteiger partial charge in [-0.3, -0.25) is 0 Å². The Morgan fingerprint density at radius 1 is 1.00 bits per heavy atom. The van der Waals surface area contributed by atoms with Gasteiger partial charge in [-0.15, -0.1) is 0 Å². The lowest BCUT2D eigenvalue weighted by Crippen LogP contribution is -2.20. The second kappa shape index (κ2) is 9.51. The molecule has 0 atom stereocenters. The highest BCUT2D eigenvalue weighted by Gasteiger charge is 1.99. The number of benzene rings is 1. The van der Waals surface area contributed by atoms with Crippen LogP contribution in [0.4, 0.5) is 0 Å². The van der Waals surface area contributed by atoms with Crippen LogP contribution in [0.15, 0.2) is 30.3 Å². The molecule has 0 saturated heterocycles. The van der Waals surface area contributed by atoms with Crippen molar-refractivity contribution in [2.75, 3.05) is 13.2 Å². The summed E-state index contributed by atoms with van der Waals surface area (Å²) in [6, 6.07) is 8.30. The maximum atomic E-state index is 10.2. The highest BCUT2D eigenvalue weighted by atomic mass is 16.6. The molecule has 0 saturated carbocycles. The first kappa shape index (κ1) is 16.5. The van der Waals surface area contributed by atoms with Gasteiger partial charge in [-0.05, 0) is 12.1 Å². The van der Waals surface area contributed by atoms with Gasteiger partial charge >= 0.3 is 5.97 Å². The van der Waals surface area contributed by atoms with E-state index in [0.717, 1.165) is 0 Å². The Hall–Kier alpha value is -1.51. The summed E-state index contributed by atoms with van der Waals surface area (Å²) in [5, 5.41) is 40.9. The molecule has 0 radical (unpaired) electrons. The van der Waals surface area contributed by atoms with Crippen molar-refractivity contribution in [3.63, 3.8) is 0 Å². The minimum Gasteiger partial charge on any atom is -0.478 e. The van der Waals surface area contributed by atoms with Crippen LogP contribution in [-0.4, -0.2) is 57.3 Å². The molecule has 5 N–H and O–H groups in total. The Morgan fingerprint density at radius 3 is 1.72 bits per heavy atom. The van der Waals surface area contributed by atoms with E-state index in [0.29, 0.717) is 5.56 Å². The number of carboxylic acids is 1. The molecule has 0 aromatic heterocycles. The zero-order valence-corrected chi connectivity index (χ0v) is 9.51. The van der Waals surface area contributed by atoms with Gasteiger partial charge in [0.2, 0.25) is 0 Å². The quantitative estimate of drug-likeness (QED) is 0.430. The maximum absolute atomic E-state index is 10.2. The Labute approximate surface area is 104 Å². The van der Waals surface area contributed by atoms with Crippen molar-refractivity contribution in [2.45, 2.75) is 12.6 Å². The lowest BCUT2D eigenvalue weighted by molar-refractivity contribution is -0.138. The van der Waals surface area contributed by atoms with E-state index in [4.69, 9.17) is 25.5 Å². The third-order valence-electron chi connectivity index (χ3n) is 1.55. The smallest absolute Gasteiger partial charge is 0.335 e. The first-order valence-electron chi connectivity index (χ1n) is 5.02. The summed E-state index contributed by atoms with van der Waals surface area (Å²) in [5.41, 5.74) is 0.331. The number of hydrogen-bond acceptors (Lipinski definition) is 6. The van der Waals surface area contributed by atoms with E-state index in [1.807, 2.05) is 0 Å². The zero-order chi connectivity index (χ0) is 14.0. The largest absolute Gasteiger partial charge is 0.478 e. The fraction of sp³-hybridized carbons (Fsp3) is 0.364. The van der Waals surface area contributed by atoms with E-state index in [1.165, 1.54) is 0 Å². The molecular weight excluding hydrogens is 244 g/mol. The number of carbonyl (C=O) groups is 1. The van der Waals surface area contributed by atoms with Crippen LogP contribution in [0.3, 0.4) is 0 Å². The monoisotopic (exact) mass is 260 g/mol. The lowest BCUT2D eigenvalue weighted by atomic mass is 10.2. The second-order valence-corrected chi connectivity index (χ2v) is 3.17. The normalized spacial score (nSPS) is 10.1. The van der Waals surface area contributed by atoms with Crippen LogP contribution in [0.2, 0.25) is 0 Å². The average Bonchev–Trinajstić information content (AvgIpc) is 2.30. The number of hydrogen-bond donors (Lipinski definition) is 5. The third kappa shape index (κ3) is 9.70. The molecule has 1 rings (SSSR count). The number of rotatable bonds is 5. The van der Waals surface area contributed by atoms with Gasteiger partial charge in [0.15, 0.2) is 12.6 Å². The molecule has 102 valence electrons. The minimum atomic E-state index is -1.55. The van der Waals surface area contributed by atoms with Crippen molar-refractivity contribution >= 4 is 5.97 Å². The van der Waals surface area contributed by atoms with Crippen LogP contribution >= 0.6 is 0 Å². The zero-order valence-electron chi connectivity index (χ0n) is 9.51. The predicted molar refractivity (Wildman–Crippen MR) is 60.7 cm³/mol. The summed E-state index contributed by atoms with van der Waals surface area (Å²) in [5.74, 6) is -0.879. The van der Waals surface area contributed by atoms with Gasteiger partial charge < -0.3 is 30.3 Å². The molecule has 0 bridgehead atoms. The van der Waals surface area contributed by atoms with Gasteiger partial charge in [0, 0.05) is 0 Å². The Bertz CT molecular complexity index is 315. The van der Waals surface area contributed by atoms with Crippen molar-refractivity contribution in [2.24, 2.45) is 0 Å². The third-order valence-corrected chi connectivity index (χ3v) is 1.55. The van der Waals surface area contributed by atoms with Gasteiger partial charge in [0.05, 0.1) is 18.8 Å². The predicted octanol–water partition coefficient (Wildman–Crippen LogP) is -0.991. The fourth-order valence-corrected chi connectivity index (χ4v) is 0.860. The van der Waals surface area contributed by atoms with Gasteiger partial charge in [-0.2, -0.15) is 0 Å². The summed E-state index contributed by atoms with van der Waals surface area (Å²) in [4.78, 5) is 10.2. The van der Waals surface area contributed by atoms with Gasteiger partial charge in [0.1, 0.15) is 0 Å². The van der Waals surface area contributed by atoms with Crippen LogP contribution in [0, 0.1) is 0 Å². The molecule has 0 unspecified atom stereocenters. The van der Waals surface area contributed by atoms with Crippen LogP contribution in [0.5, 0.6) is 0 Å². The van der Waals surface area contributed by atoms with Gasteiger partial charge in [-0.1, -0.05) is 18.2 Å². The number of carboxylic acid groups (broad SMARTS) is 1. The van der Waals surface area contributed by atoms with E-state index in [9.17, 15) is 4.79 Å². The number of aromatic carboxylic acids is 1. The first-order valence-corrected chi connectivity index (χ1v) is 5.02. The molecule has 1 aromatic carbocycles. The van der Waals surface area contributed by atoms with Crippen molar-refractivity contribution in [3.05, 3.63) is 35.9 Å². The summed E-state index contributed by atoms with van der Waals surface area (Å²) in [6.07, 6.45) is -3.10. The molecule has 1 aromatic rings. The maximum Gasteiger partial charge on any atom is 0.335 e. The molecule has 7 nitrogen and oxygen atoms in total. The molecule has 0 spiro atoms. The van der Waals surface area contributed by atoms with E-state index < -0.39 is 18.5 Å². The molecule has 0 heterocycles. The number of ether oxygens (including phenoxy) is 1. The van der Waals surface area contributed by atoms with Crippen LogP contribution < -0.4 is 0 Å². The highest BCUT2D eigenvalue weighted by Crippen LogP contribution is 1.96. The molecule has 18 heavy (non-hydrogen) atoms. The lowest BCUT2D eigenvalue weighted by Gasteiger charge is -2.05. The fourth-order valence-electron chi connectivity index (χ4n) is 0.860. The molecule has 7 heteroatoms. The van der Waals surface area contributed by atoms with Crippen molar-refractivity contribution in [1.29, 1.82) is 0 Å². The van der Waals surface area contributed by atoms with Crippen molar-refractivity contribution in [3.8, 4) is 0 Å². The van der Waals surface area contributed by atoms with E-state index >= 15 is 0 Å². The van der Waals surface area contributed by atoms with Crippen molar-refractivity contribution < 1.29 is 35.1 Å². The molecule has 0 aliphatic rings. The second-order valence-electron chi connectivity index (χ2n) is 3.17. The number of aliphatic hydroxyl groups is 4. The number of aliphatic hydroxyl groups excluding tert-OH is 2. The molecule has 0 fully saturated rings. The minimum absolute atomic E-state index is 0.308. The SMILES string of the molecule is O=C(O)c1ccccc1.OC(O)COCC(O)O. The van der Waals surface area contributed by atoms with Crippen LogP contribution in [-0.2, 0) is 4.74 Å². The first-order chi connectivity index (χ1) is 8.43. The summed E-state index contributed by atoms with van der Waals surface area (Å²) < 4.78 is 4.36. The Morgan fingerprint density at radius 2 is 1.44 bits per heavy atom. The topological polar surface area (TPSA) is 127 Å². The van der Waals surface area contributed by atoms with E-state index in [-0.39, 0.29) is 13.2 Å². The van der Waals surface area contributed by atoms with Crippen LogP contribution in [0.25, 0.3) is 0 Å². The van der Waals surface area contributed by atoms with Gasteiger partial charge in [-0.25, -0.2) is 4.79 Å². The highest BCUT2D eigenvalue weighted by molar-refractivity contribution is 5.87. The molecule has 0 aliphatic heterocycles. The summed E-state index contributed by atoms with van der Waals surface area (Å²) in [6.45, 7) is -0.616. The average molecular weight is 260 g/mol. The Balaban J connectivity index is 0.000000321. The Kier molecular flexibility index (Phi) is 8.71. The van der Waals surface area contributed by atoms with E-state index in [2.05, 4.69) is 4.74 Å². The van der Waals surface area contributed by atoms with Crippen LogP contribution in [0.1, 0.15) is 10.4 Å². The van der Waals surface area contributed by atoms with E-state index in [1.54, 1.807) is 30.3 Å². The molecular formula is C11H16O7. The standard InChI is InChI=1S/C7H6O2.C4H10O5/c8-7(9)6-4-2-1-3-5-6;5-3(6)1-9-2-4(7)8/h1-5H,(H,8,9);3-8H,1-2H2. The summed E-state index contributed by atoms with van der Waals surface area (Å²) in [7, 11) is 0. The van der Waals surface area contributed by atoms with Crippen molar-refractivity contribution in [1.82, 2.24) is 0 Å². The van der Waals surface area contributed by atoms with Gasteiger partial charge in [0.25, 0.3) is 0 Å². The molecule has 0 aliphatic carbocycles. The molecule has 0 amide bonds.